The number of rotatable bonds is 3. The van der Waals surface area contributed by atoms with Gasteiger partial charge in [-0.05, 0) is 38.1 Å². The van der Waals surface area contributed by atoms with Crippen LogP contribution in [-0.4, -0.2) is 62.0 Å². The van der Waals surface area contributed by atoms with Gasteiger partial charge >= 0.3 is 0 Å². The largest absolute Gasteiger partial charge is 0.366 e. The van der Waals surface area contributed by atoms with Crippen molar-refractivity contribution < 1.29 is 9.18 Å². The summed E-state index contributed by atoms with van der Waals surface area (Å²) < 4.78 is 13.8. The highest BCUT2D eigenvalue weighted by molar-refractivity contribution is 5.77. The van der Waals surface area contributed by atoms with Crippen LogP contribution < -0.4 is 4.90 Å². The molecular formula is C17H24FN3O. The maximum atomic E-state index is 13.8. The van der Waals surface area contributed by atoms with E-state index in [2.05, 4.69) is 11.9 Å². The Kier molecular flexibility index (Phi) is 4.62. The predicted octanol–water partition coefficient (Wildman–Crippen LogP) is 1.82. The molecule has 0 spiro atoms. The van der Waals surface area contributed by atoms with E-state index in [1.54, 1.807) is 12.1 Å². The minimum atomic E-state index is -0.184. The Morgan fingerprint density at radius 3 is 2.55 bits per heavy atom. The second-order valence-electron chi connectivity index (χ2n) is 6.44. The number of nitrogens with zero attached hydrogens (tertiary/aromatic N) is 3. The van der Waals surface area contributed by atoms with Gasteiger partial charge in [0.1, 0.15) is 5.82 Å². The van der Waals surface area contributed by atoms with E-state index in [0.29, 0.717) is 44.2 Å². The molecule has 5 heteroatoms. The number of halogens is 1. The van der Waals surface area contributed by atoms with Crippen molar-refractivity contribution >= 4 is 11.6 Å². The number of anilines is 1. The van der Waals surface area contributed by atoms with E-state index < -0.39 is 0 Å². The van der Waals surface area contributed by atoms with Crippen molar-refractivity contribution in [3.05, 3.63) is 30.1 Å². The summed E-state index contributed by atoms with van der Waals surface area (Å²) in [6.45, 7) is 4.92. The highest BCUT2D eigenvalue weighted by Crippen LogP contribution is 2.22. The van der Waals surface area contributed by atoms with Crippen LogP contribution in [-0.2, 0) is 4.79 Å². The molecule has 1 unspecified atom stereocenters. The van der Waals surface area contributed by atoms with Crippen LogP contribution in [0.1, 0.15) is 12.8 Å². The third-order valence-corrected chi connectivity index (χ3v) is 4.78. The molecule has 2 fully saturated rings. The summed E-state index contributed by atoms with van der Waals surface area (Å²) in [5, 5.41) is 0. The van der Waals surface area contributed by atoms with Gasteiger partial charge in [-0.1, -0.05) is 12.1 Å². The van der Waals surface area contributed by atoms with Crippen molar-refractivity contribution in [2.45, 2.75) is 12.8 Å². The molecule has 0 N–H and O–H groups in total. The van der Waals surface area contributed by atoms with E-state index >= 15 is 0 Å². The van der Waals surface area contributed by atoms with Crippen LogP contribution in [0.4, 0.5) is 10.1 Å². The molecule has 2 aliphatic rings. The molecule has 2 saturated heterocycles. The molecule has 4 nitrogen and oxygen atoms in total. The van der Waals surface area contributed by atoms with E-state index in [4.69, 9.17) is 0 Å². The zero-order chi connectivity index (χ0) is 15.5. The molecule has 2 aliphatic heterocycles. The number of piperazine rings is 1. The SMILES string of the molecule is CN1CCC(CC(=O)N2CCN(c3ccccc3F)CC2)C1. The minimum absolute atomic E-state index is 0.184. The maximum Gasteiger partial charge on any atom is 0.223 e. The Hall–Kier alpha value is -1.62. The van der Waals surface area contributed by atoms with Crippen LogP contribution in [0.5, 0.6) is 0 Å². The fraction of sp³-hybridized carbons (Fsp3) is 0.588. The Balaban J connectivity index is 1.51. The van der Waals surface area contributed by atoms with Gasteiger partial charge in [0.2, 0.25) is 5.91 Å². The maximum absolute atomic E-state index is 13.8. The summed E-state index contributed by atoms with van der Waals surface area (Å²) in [7, 11) is 2.11. The first-order chi connectivity index (χ1) is 10.6. The number of likely N-dealkylation sites (tertiary alicyclic amines) is 1. The van der Waals surface area contributed by atoms with E-state index in [0.717, 1.165) is 19.5 Å². The molecule has 0 radical (unpaired) electrons. The lowest BCUT2D eigenvalue weighted by molar-refractivity contribution is -0.132. The Morgan fingerprint density at radius 1 is 1.18 bits per heavy atom. The van der Waals surface area contributed by atoms with Crippen molar-refractivity contribution in [1.29, 1.82) is 0 Å². The monoisotopic (exact) mass is 305 g/mol. The van der Waals surface area contributed by atoms with E-state index in [9.17, 15) is 9.18 Å². The molecule has 1 aromatic rings. The number of para-hydroxylation sites is 1. The van der Waals surface area contributed by atoms with Gasteiger partial charge in [0.05, 0.1) is 5.69 Å². The third kappa shape index (κ3) is 3.40. The standard InChI is InChI=1S/C17H24FN3O/c1-19-7-6-14(13-19)12-17(22)21-10-8-20(9-11-21)16-5-3-2-4-15(16)18/h2-5,14H,6-13H2,1H3. The predicted molar refractivity (Wildman–Crippen MR) is 85.4 cm³/mol. The summed E-state index contributed by atoms with van der Waals surface area (Å²) in [4.78, 5) is 18.6. The van der Waals surface area contributed by atoms with Gasteiger partial charge in [-0.2, -0.15) is 0 Å². The van der Waals surface area contributed by atoms with Crippen molar-refractivity contribution in [2.75, 3.05) is 51.2 Å². The fourth-order valence-corrected chi connectivity index (χ4v) is 3.47. The van der Waals surface area contributed by atoms with E-state index in [-0.39, 0.29) is 11.7 Å². The van der Waals surface area contributed by atoms with Gasteiger partial charge in [-0.15, -0.1) is 0 Å². The lowest BCUT2D eigenvalue weighted by Crippen LogP contribution is -2.49. The molecule has 0 bridgehead atoms. The first-order valence-electron chi connectivity index (χ1n) is 8.09. The molecule has 1 aromatic carbocycles. The summed E-state index contributed by atoms with van der Waals surface area (Å²) in [6, 6.07) is 6.86. The lowest BCUT2D eigenvalue weighted by atomic mass is 10.0. The summed E-state index contributed by atoms with van der Waals surface area (Å²) in [6.07, 6.45) is 1.78. The Bertz CT molecular complexity index is 528. The smallest absolute Gasteiger partial charge is 0.223 e. The molecule has 1 atom stereocenters. The quantitative estimate of drug-likeness (QED) is 0.852. The number of carbonyl (C=O) groups is 1. The highest BCUT2D eigenvalue weighted by atomic mass is 19.1. The normalized spacial score (nSPS) is 23.1. The minimum Gasteiger partial charge on any atom is -0.366 e. The van der Waals surface area contributed by atoms with Crippen LogP contribution in [0.25, 0.3) is 0 Å². The fourth-order valence-electron chi connectivity index (χ4n) is 3.47. The average Bonchev–Trinajstić information content (AvgIpc) is 2.93. The van der Waals surface area contributed by atoms with Crippen molar-refractivity contribution in [3.8, 4) is 0 Å². The van der Waals surface area contributed by atoms with Crippen LogP contribution in [0.3, 0.4) is 0 Å². The molecule has 0 saturated carbocycles. The van der Waals surface area contributed by atoms with Gasteiger partial charge in [0.25, 0.3) is 0 Å². The lowest BCUT2D eigenvalue weighted by Gasteiger charge is -2.36. The van der Waals surface area contributed by atoms with Gasteiger partial charge in [-0.3, -0.25) is 4.79 Å². The van der Waals surface area contributed by atoms with Crippen molar-refractivity contribution in [1.82, 2.24) is 9.80 Å². The molecule has 2 heterocycles. The summed E-state index contributed by atoms with van der Waals surface area (Å²) in [5.41, 5.74) is 0.645. The molecule has 3 rings (SSSR count). The topological polar surface area (TPSA) is 26.8 Å². The highest BCUT2D eigenvalue weighted by Gasteiger charge is 2.27. The summed E-state index contributed by atoms with van der Waals surface area (Å²) in [5.74, 6) is 0.576. The number of amides is 1. The Morgan fingerprint density at radius 2 is 1.91 bits per heavy atom. The molecule has 22 heavy (non-hydrogen) atoms. The van der Waals surface area contributed by atoms with Crippen LogP contribution >= 0.6 is 0 Å². The molecular weight excluding hydrogens is 281 g/mol. The van der Waals surface area contributed by atoms with Crippen molar-refractivity contribution in [3.63, 3.8) is 0 Å². The van der Waals surface area contributed by atoms with Gasteiger partial charge < -0.3 is 14.7 Å². The first-order valence-corrected chi connectivity index (χ1v) is 8.09. The second-order valence-corrected chi connectivity index (χ2v) is 6.44. The molecule has 0 aromatic heterocycles. The van der Waals surface area contributed by atoms with Crippen LogP contribution in [0.15, 0.2) is 24.3 Å². The number of hydrogen-bond donors (Lipinski definition) is 0. The molecule has 120 valence electrons. The number of benzene rings is 1. The van der Waals surface area contributed by atoms with Gasteiger partial charge in [-0.25, -0.2) is 4.39 Å². The molecule has 1 amide bonds. The summed E-state index contributed by atoms with van der Waals surface area (Å²) >= 11 is 0. The zero-order valence-corrected chi connectivity index (χ0v) is 13.2. The van der Waals surface area contributed by atoms with E-state index in [1.165, 1.54) is 6.07 Å². The van der Waals surface area contributed by atoms with Crippen molar-refractivity contribution in [2.24, 2.45) is 5.92 Å². The van der Waals surface area contributed by atoms with Gasteiger partial charge in [0, 0.05) is 39.1 Å². The van der Waals surface area contributed by atoms with Crippen LogP contribution in [0.2, 0.25) is 0 Å². The average molecular weight is 305 g/mol. The number of carbonyl (C=O) groups excluding carboxylic acids is 1. The van der Waals surface area contributed by atoms with E-state index in [1.807, 2.05) is 15.9 Å². The molecule has 0 aliphatic carbocycles. The number of hydrogen-bond acceptors (Lipinski definition) is 3. The Labute approximate surface area is 131 Å². The van der Waals surface area contributed by atoms with Gasteiger partial charge in [0.15, 0.2) is 0 Å². The second kappa shape index (κ2) is 6.65. The zero-order valence-electron chi connectivity index (χ0n) is 13.2. The first kappa shape index (κ1) is 15.3. The third-order valence-electron chi connectivity index (χ3n) is 4.78. The van der Waals surface area contributed by atoms with Crippen LogP contribution in [0, 0.1) is 11.7 Å².